The molecule has 1 aliphatic carbocycles. The van der Waals surface area contributed by atoms with Gasteiger partial charge in [0.1, 0.15) is 0 Å². The second kappa shape index (κ2) is 8.27. The van der Waals surface area contributed by atoms with Crippen LogP contribution in [0.25, 0.3) is 22.0 Å². The highest BCUT2D eigenvalue weighted by Gasteiger charge is 2.29. The molecular weight excluding hydrogens is 408 g/mol. The van der Waals surface area contributed by atoms with Crippen molar-refractivity contribution >= 4 is 22.5 Å². The number of likely N-dealkylation sites (tertiary alicyclic amines) is 1. The molecule has 1 N–H and O–H groups in total. The van der Waals surface area contributed by atoms with Crippen molar-refractivity contribution in [3.8, 4) is 11.1 Å². The molecule has 6 rings (SSSR count). The maximum atomic E-state index is 4.82. The molecule has 168 valence electrons. The second-order valence-electron chi connectivity index (χ2n) is 9.63. The van der Waals surface area contributed by atoms with Crippen molar-refractivity contribution in [1.29, 1.82) is 0 Å². The van der Waals surface area contributed by atoms with Crippen LogP contribution in [0.15, 0.2) is 54.9 Å². The van der Waals surface area contributed by atoms with E-state index in [1.165, 1.54) is 61.2 Å². The normalized spacial score (nSPS) is 17.5. The summed E-state index contributed by atoms with van der Waals surface area (Å²) < 4.78 is 2.03. The zero-order valence-corrected chi connectivity index (χ0v) is 19.3. The molecule has 1 aliphatic heterocycles. The molecular formula is C27H30N6. The van der Waals surface area contributed by atoms with Crippen LogP contribution >= 0.6 is 0 Å². The fourth-order valence-electron chi connectivity index (χ4n) is 5.07. The number of hydrogen-bond acceptors (Lipinski definition) is 5. The Labute approximate surface area is 194 Å². The summed E-state index contributed by atoms with van der Waals surface area (Å²) in [6.07, 6.45) is 8.87. The molecule has 0 radical (unpaired) electrons. The fraction of sp³-hybridized carbons (Fsp3) is 0.370. The van der Waals surface area contributed by atoms with Gasteiger partial charge in [0.2, 0.25) is 5.95 Å². The maximum absolute atomic E-state index is 4.82. The van der Waals surface area contributed by atoms with E-state index in [4.69, 9.17) is 4.98 Å². The summed E-state index contributed by atoms with van der Waals surface area (Å²) in [5.41, 5.74) is 7.13. The Morgan fingerprint density at radius 3 is 2.42 bits per heavy atom. The molecule has 33 heavy (non-hydrogen) atoms. The van der Waals surface area contributed by atoms with Crippen LogP contribution in [0.4, 0.5) is 11.6 Å². The molecule has 0 amide bonds. The van der Waals surface area contributed by atoms with Gasteiger partial charge in [0.25, 0.3) is 0 Å². The van der Waals surface area contributed by atoms with Gasteiger partial charge in [-0.1, -0.05) is 24.3 Å². The highest BCUT2D eigenvalue weighted by Crippen LogP contribution is 2.44. The third-order valence-electron chi connectivity index (χ3n) is 7.20. The molecule has 6 nitrogen and oxygen atoms in total. The third kappa shape index (κ3) is 4.11. The zero-order valence-electron chi connectivity index (χ0n) is 19.3. The van der Waals surface area contributed by atoms with Crippen LogP contribution in [0.2, 0.25) is 0 Å². The average molecular weight is 439 g/mol. The van der Waals surface area contributed by atoms with E-state index in [0.717, 1.165) is 16.6 Å². The molecule has 1 saturated carbocycles. The van der Waals surface area contributed by atoms with E-state index in [0.29, 0.717) is 17.8 Å². The standard InChI is InChI=1S/C27H30N6/c1-32-13-11-19(12-14-32)18-7-9-23(10-8-18)30-27-28-16-22-6-5-21(15-25(22)31-27)24-17-29-33(2)26(24)20-3-4-20/h5-10,15-17,19-20H,3-4,11-14H2,1-2H3,(H,28,30,31). The quantitative estimate of drug-likeness (QED) is 0.448. The van der Waals surface area contributed by atoms with Crippen molar-refractivity contribution in [1.82, 2.24) is 24.6 Å². The first-order chi connectivity index (χ1) is 16.1. The van der Waals surface area contributed by atoms with Crippen LogP contribution in [0.1, 0.15) is 48.8 Å². The summed E-state index contributed by atoms with van der Waals surface area (Å²) in [5, 5.41) is 8.95. The van der Waals surface area contributed by atoms with E-state index in [2.05, 4.69) is 69.8 Å². The van der Waals surface area contributed by atoms with Crippen molar-refractivity contribution < 1.29 is 0 Å². The van der Waals surface area contributed by atoms with Gasteiger partial charge < -0.3 is 10.2 Å². The van der Waals surface area contributed by atoms with E-state index >= 15 is 0 Å². The van der Waals surface area contributed by atoms with E-state index in [-0.39, 0.29) is 0 Å². The molecule has 0 unspecified atom stereocenters. The van der Waals surface area contributed by atoms with Gasteiger partial charge >= 0.3 is 0 Å². The van der Waals surface area contributed by atoms with Gasteiger partial charge in [-0.15, -0.1) is 0 Å². The first kappa shape index (κ1) is 20.4. The van der Waals surface area contributed by atoms with Crippen molar-refractivity contribution in [3.05, 3.63) is 66.1 Å². The number of fused-ring (bicyclic) bond motifs is 1. The van der Waals surface area contributed by atoms with E-state index in [1.54, 1.807) is 0 Å². The molecule has 1 saturated heterocycles. The van der Waals surface area contributed by atoms with Crippen LogP contribution in [0, 0.1) is 0 Å². The lowest BCUT2D eigenvalue weighted by Crippen LogP contribution is -2.29. The van der Waals surface area contributed by atoms with Gasteiger partial charge in [-0.05, 0) is 81.1 Å². The summed E-state index contributed by atoms with van der Waals surface area (Å²) >= 11 is 0. The molecule has 2 aromatic heterocycles. The lowest BCUT2D eigenvalue weighted by Gasteiger charge is -2.29. The molecule has 4 aromatic rings. The highest BCUT2D eigenvalue weighted by atomic mass is 15.3. The van der Waals surface area contributed by atoms with Crippen molar-refractivity contribution in [2.45, 2.75) is 37.5 Å². The molecule has 3 heterocycles. The van der Waals surface area contributed by atoms with Crippen molar-refractivity contribution in [2.24, 2.45) is 7.05 Å². The molecule has 2 aliphatic rings. The minimum absolute atomic E-state index is 0.625. The average Bonchev–Trinajstić information content (AvgIpc) is 3.60. The van der Waals surface area contributed by atoms with Crippen LogP contribution < -0.4 is 5.32 Å². The number of anilines is 2. The Hall–Kier alpha value is -3.25. The molecule has 0 atom stereocenters. The minimum atomic E-state index is 0.625. The Balaban J connectivity index is 1.23. The summed E-state index contributed by atoms with van der Waals surface area (Å²) in [6, 6.07) is 15.2. The second-order valence-corrected chi connectivity index (χ2v) is 9.63. The van der Waals surface area contributed by atoms with Gasteiger partial charge in [-0.25, -0.2) is 9.97 Å². The molecule has 2 fully saturated rings. The predicted molar refractivity (Wildman–Crippen MR) is 133 cm³/mol. The van der Waals surface area contributed by atoms with Crippen LogP contribution in [0.3, 0.4) is 0 Å². The SMILES string of the molecule is CN1CCC(c2ccc(Nc3ncc4ccc(-c5cnn(C)c5C5CC5)cc4n3)cc2)CC1. The number of benzene rings is 2. The first-order valence-electron chi connectivity index (χ1n) is 12.0. The zero-order chi connectivity index (χ0) is 22.4. The molecule has 2 aromatic carbocycles. The molecule has 0 spiro atoms. The topological polar surface area (TPSA) is 58.9 Å². The Morgan fingerprint density at radius 2 is 1.67 bits per heavy atom. The summed E-state index contributed by atoms with van der Waals surface area (Å²) in [6.45, 7) is 2.36. The maximum Gasteiger partial charge on any atom is 0.227 e. The molecule has 6 heteroatoms. The van der Waals surface area contributed by atoms with Crippen LogP contribution in [-0.4, -0.2) is 44.8 Å². The van der Waals surface area contributed by atoms with Gasteiger partial charge in [-0.3, -0.25) is 4.68 Å². The van der Waals surface area contributed by atoms with Crippen LogP contribution in [0.5, 0.6) is 0 Å². The van der Waals surface area contributed by atoms with Crippen molar-refractivity contribution in [3.63, 3.8) is 0 Å². The fourth-order valence-corrected chi connectivity index (χ4v) is 5.07. The number of rotatable bonds is 5. The monoisotopic (exact) mass is 438 g/mol. The number of aryl methyl sites for hydroxylation is 1. The number of piperidine rings is 1. The largest absolute Gasteiger partial charge is 0.324 e. The number of aromatic nitrogens is 4. The first-order valence-corrected chi connectivity index (χ1v) is 12.0. The summed E-state index contributed by atoms with van der Waals surface area (Å²) in [4.78, 5) is 11.8. The predicted octanol–water partition coefficient (Wildman–Crippen LogP) is 5.46. The van der Waals surface area contributed by atoms with Gasteiger partial charge in [-0.2, -0.15) is 5.10 Å². The summed E-state index contributed by atoms with van der Waals surface area (Å²) in [7, 11) is 4.25. The lowest BCUT2D eigenvalue weighted by atomic mass is 9.89. The smallest absolute Gasteiger partial charge is 0.227 e. The van der Waals surface area contributed by atoms with Crippen molar-refractivity contribution in [2.75, 3.05) is 25.5 Å². The van der Waals surface area contributed by atoms with Gasteiger partial charge in [0.15, 0.2) is 0 Å². The Kier molecular flexibility index (Phi) is 5.10. The third-order valence-corrected chi connectivity index (χ3v) is 7.20. The van der Waals surface area contributed by atoms with Crippen LogP contribution in [-0.2, 0) is 7.05 Å². The Morgan fingerprint density at radius 1 is 0.879 bits per heavy atom. The van der Waals surface area contributed by atoms with E-state index in [1.807, 2.05) is 24.1 Å². The molecule has 0 bridgehead atoms. The van der Waals surface area contributed by atoms with E-state index < -0.39 is 0 Å². The summed E-state index contributed by atoms with van der Waals surface area (Å²) in [5.74, 6) is 1.93. The van der Waals surface area contributed by atoms with E-state index in [9.17, 15) is 0 Å². The van der Waals surface area contributed by atoms with Gasteiger partial charge in [0, 0.05) is 41.5 Å². The number of hydrogen-bond donors (Lipinski definition) is 1. The lowest BCUT2D eigenvalue weighted by molar-refractivity contribution is 0.255. The Bertz CT molecular complexity index is 1280. The highest BCUT2D eigenvalue weighted by molar-refractivity contribution is 5.85. The minimum Gasteiger partial charge on any atom is -0.324 e. The number of nitrogens with one attached hydrogen (secondary N) is 1. The van der Waals surface area contributed by atoms with Gasteiger partial charge in [0.05, 0.1) is 11.7 Å². The number of nitrogens with zero attached hydrogens (tertiary/aromatic N) is 5.